The first-order valence-electron chi connectivity index (χ1n) is 0.400. The van der Waals surface area contributed by atoms with Crippen LogP contribution in [0.3, 0.4) is 0 Å². The van der Waals surface area contributed by atoms with Crippen molar-refractivity contribution in [3.8, 4) is 0 Å². The van der Waals surface area contributed by atoms with Crippen LogP contribution in [0.15, 0.2) is 0 Å². The van der Waals surface area contributed by atoms with Gasteiger partial charge in [0.2, 0.25) is 0 Å². The summed E-state index contributed by atoms with van der Waals surface area (Å²) < 4.78 is 0. The molecule has 0 bridgehead atoms. The van der Waals surface area contributed by atoms with E-state index in [9.17, 15) is 0 Å². The van der Waals surface area contributed by atoms with E-state index in [2.05, 4.69) is 0 Å². The summed E-state index contributed by atoms with van der Waals surface area (Å²) in [6.07, 6.45) is 0. The Bertz CT molecular complexity index is 24.3. The Morgan fingerprint density at radius 3 is 1.25 bits per heavy atom. The molecule has 0 saturated heterocycles. The second-order valence-electron chi connectivity index (χ2n) is 0.0894. The zero-order chi connectivity index (χ0) is 2.71. The van der Waals surface area contributed by atoms with Gasteiger partial charge in [-0.3, -0.25) is 4.91 Å². The number of hydrogen-bond donors (Lipinski definition) is 0. The molecule has 4 heteroatoms. The molecule has 0 aromatic heterocycles. The lowest BCUT2D eigenvalue weighted by Gasteiger charge is -1.31. The van der Waals surface area contributed by atoms with Crippen LogP contribution in [0.2, 0.25) is 0 Å². The third-order valence-electron chi connectivity index (χ3n) is 0. The van der Waals surface area contributed by atoms with Crippen molar-refractivity contribution in [3.05, 3.63) is 16.0 Å². The number of nitrogens with zero attached hydrogens (tertiary/aromatic N) is 3. The van der Waals surface area contributed by atoms with Gasteiger partial charge in [0.05, 0.1) is 0 Å². The van der Waals surface area contributed by atoms with E-state index in [1.165, 1.54) is 4.91 Å². The van der Waals surface area contributed by atoms with Crippen LogP contribution in [0.4, 0.5) is 0 Å². The zero-order valence-electron chi connectivity index (χ0n) is 1.34. The van der Waals surface area contributed by atoms with E-state index in [-0.39, 0.29) is 11.0 Å². The molecule has 24 valence electrons. The Morgan fingerprint density at radius 1 is 1.25 bits per heavy atom. The lowest BCUT2D eigenvalue weighted by atomic mass is 13.0. The fourth-order valence-corrected chi connectivity index (χ4v) is 0. The molecule has 0 unspecified atom stereocenters. The van der Waals surface area contributed by atoms with Gasteiger partial charge in [-0.2, -0.15) is 0 Å². The highest BCUT2D eigenvalue weighted by atomic mass is 28.1. The predicted molar refractivity (Wildman–Crippen MR) is 21.4 cm³/mol. The first-order chi connectivity index (χ1) is 1.41. The van der Waals surface area contributed by atoms with Gasteiger partial charge in [0, 0.05) is 0 Å². The van der Waals surface area contributed by atoms with Gasteiger partial charge < -0.3 is 11.1 Å². The molecule has 0 rings (SSSR count). The second-order valence-corrected chi connectivity index (χ2v) is 0.0894. The van der Waals surface area contributed by atoms with E-state index in [4.69, 9.17) is 11.1 Å². The average Bonchev–Trinajstić information content (AvgIpc) is 0.918. The van der Waals surface area contributed by atoms with E-state index in [1.807, 2.05) is 0 Å². The topological polar surface area (TPSA) is 58.7 Å². The Hall–Kier alpha value is -0.473. The summed E-state index contributed by atoms with van der Waals surface area (Å²) >= 11 is 0. The van der Waals surface area contributed by atoms with Crippen molar-refractivity contribution in [1.82, 2.24) is 0 Å². The van der Waals surface area contributed by atoms with E-state index in [0.29, 0.717) is 0 Å². The fourth-order valence-electron chi connectivity index (χ4n) is 0. The molecule has 0 atom stereocenters. The molecule has 0 aliphatic heterocycles. The fraction of sp³-hybridized carbons (Fsp3) is 0. The van der Waals surface area contributed by atoms with Crippen molar-refractivity contribution < 1.29 is 0 Å². The smallest absolute Gasteiger partial charge is 0.0149 e. The van der Waals surface area contributed by atoms with Crippen molar-refractivity contribution in [2.45, 2.75) is 0 Å². The number of hydrogen-bond acceptors (Lipinski definition) is 0. The monoisotopic (exact) mass is 74.0 g/mol. The quantitative estimate of drug-likeness (QED) is 0.160. The molecule has 3 nitrogen and oxygen atoms in total. The molecule has 0 aliphatic carbocycles. The molecule has 4 heavy (non-hydrogen) atoms. The van der Waals surface area contributed by atoms with Gasteiger partial charge in [0.15, 0.2) is 0 Å². The Balaban J connectivity index is 0. The van der Waals surface area contributed by atoms with Crippen molar-refractivity contribution in [2.75, 3.05) is 0 Å². The first kappa shape index (κ1) is 9.66. The maximum Gasteiger partial charge on any atom is -0.0149 e. The molecule has 0 radical (unpaired) electrons. The summed E-state index contributed by atoms with van der Waals surface area (Å²) in [5, 5.41) is 0. The third-order valence-corrected chi connectivity index (χ3v) is 0. The SMILES string of the molecule is [N-]=[N+]=[N-].[SiH4]. The maximum atomic E-state index is 6.75. The highest BCUT2D eigenvalue weighted by Gasteiger charge is 0.689. The molecular weight excluding hydrogens is 70.1 g/mol. The predicted octanol–water partition coefficient (Wildman–Crippen LogP) is -0.585. The van der Waals surface area contributed by atoms with Gasteiger partial charge >= 0.3 is 0 Å². The molecule has 0 aliphatic rings. The Labute approximate surface area is 28.1 Å². The van der Waals surface area contributed by atoms with Crippen LogP contribution in [0, 0.1) is 0 Å². The first-order valence-corrected chi connectivity index (χ1v) is 0.400. The Morgan fingerprint density at radius 2 is 1.25 bits per heavy atom. The molecule has 0 aromatic rings. The van der Waals surface area contributed by atoms with Gasteiger partial charge in [-0.25, -0.2) is 0 Å². The van der Waals surface area contributed by atoms with E-state index < -0.39 is 0 Å². The van der Waals surface area contributed by atoms with Gasteiger partial charge in [-0.1, -0.05) is 0 Å². The maximum absolute atomic E-state index is 6.75. The third kappa shape index (κ3) is 1.89. The lowest BCUT2D eigenvalue weighted by Crippen LogP contribution is -0.711. The van der Waals surface area contributed by atoms with Crippen LogP contribution in [-0.2, 0) is 0 Å². The van der Waals surface area contributed by atoms with Crippen LogP contribution < -0.4 is 0 Å². The lowest BCUT2D eigenvalue weighted by molar-refractivity contribution is 2.36. The molecule has 0 heterocycles. The van der Waals surface area contributed by atoms with Gasteiger partial charge in [0.1, 0.15) is 0 Å². The summed E-state index contributed by atoms with van der Waals surface area (Å²) in [6.45, 7) is 0. The van der Waals surface area contributed by atoms with Crippen LogP contribution >= 0.6 is 0 Å². The molecular formula is H4N3Si-. The van der Waals surface area contributed by atoms with Crippen molar-refractivity contribution in [3.63, 3.8) is 0 Å². The number of rotatable bonds is 0. The van der Waals surface area contributed by atoms with Crippen molar-refractivity contribution in [1.29, 1.82) is 0 Å². The van der Waals surface area contributed by atoms with Crippen LogP contribution in [0.25, 0.3) is 16.0 Å². The second kappa shape index (κ2) is 21.2. The average molecular weight is 74.1 g/mol. The molecule has 0 amide bonds. The standard InChI is InChI=1S/N3.H4Si/c1-3-2;/h;1H4/q-1;. The highest BCUT2D eigenvalue weighted by molar-refractivity contribution is 5.75. The normalized spacial score (nSPS) is 2.00. The minimum Gasteiger partial charge on any atom is -0.373 e. The van der Waals surface area contributed by atoms with Crippen LogP contribution in [0.1, 0.15) is 0 Å². The molecule has 0 aromatic carbocycles. The molecule has 0 N–H and O–H groups in total. The summed E-state index contributed by atoms with van der Waals surface area (Å²) in [4.78, 5) is 1.50. The van der Waals surface area contributed by atoms with E-state index in [1.54, 1.807) is 0 Å². The summed E-state index contributed by atoms with van der Waals surface area (Å²) in [5.41, 5.74) is 13.5. The molecule has 0 saturated carbocycles. The van der Waals surface area contributed by atoms with E-state index >= 15 is 0 Å². The minimum absolute atomic E-state index is 0. The van der Waals surface area contributed by atoms with Gasteiger partial charge in [0.25, 0.3) is 0 Å². The largest absolute Gasteiger partial charge is 0.373 e. The van der Waals surface area contributed by atoms with Gasteiger partial charge in [-0.05, 0) is 11.0 Å². The minimum atomic E-state index is 0. The van der Waals surface area contributed by atoms with Gasteiger partial charge in [-0.15, -0.1) is 0 Å². The van der Waals surface area contributed by atoms with Crippen molar-refractivity contribution >= 4 is 11.0 Å². The molecule has 0 spiro atoms. The van der Waals surface area contributed by atoms with Crippen LogP contribution in [-0.4, -0.2) is 11.0 Å². The summed E-state index contributed by atoms with van der Waals surface area (Å²) in [5.74, 6) is 0. The molecule has 0 fully saturated rings. The van der Waals surface area contributed by atoms with Crippen molar-refractivity contribution in [2.24, 2.45) is 0 Å². The van der Waals surface area contributed by atoms with E-state index in [0.717, 1.165) is 0 Å². The van der Waals surface area contributed by atoms with Crippen LogP contribution in [0.5, 0.6) is 0 Å². The Kier molecular flexibility index (Phi) is 51.2. The zero-order valence-corrected chi connectivity index (χ0v) is 1.34. The highest BCUT2D eigenvalue weighted by Crippen LogP contribution is 1.29. The summed E-state index contributed by atoms with van der Waals surface area (Å²) in [6, 6.07) is 0. The summed E-state index contributed by atoms with van der Waals surface area (Å²) in [7, 11) is 0.